The van der Waals surface area contributed by atoms with Gasteiger partial charge in [-0.1, -0.05) is 25.0 Å². The van der Waals surface area contributed by atoms with Crippen LogP contribution >= 0.6 is 0 Å². The second-order valence-corrected chi connectivity index (χ2v) is 8.78. The number of hydrogen-bond acceptors (Lipinski definition) is 2. The fraction of sp³-hybridized carbons (Fsp3) is 0.423. The second kappa shape index (κ2) is 8.25. The Labute approximate surface area is 179 Å². The van der Waals surface area contributed by atoms with Gasteiger partial charge in [0, 0.05) is 31.6 Å². The van der Waals surface area contributed by atoms with E-state index in [0.717, 1.165) is 47.2 Å². The Balaban J connectivity index is 1.63. The standard InChI is InChI=1S/C26H31FN2O/c1-16(14-28-4)19-9-10-20(25(27)13-19)11-21-12-23-24(18(3)17(21)2)15-29(26(23)30)22-7-5-6-8-22/h9-10,12-14,22,28H,5-8,11,15H2,1-4H3/b16-14+. The largest absolute Gasteiger partial charge is 0.394 e. The number of fused-ring (bicyclic) bond motifs is 1. The molecule has 1 aliphatic heterocycles. The van der Waals surface area contributed by atoms with Gasteiger partial charge < -0.3 is 10.2 Å². The minimum Gasteiger partial charge on any atom is -0.394 e. The predicted molar refractivity (Wildman–Crippen MR) is 120 cm³/mol. The van der Waals surface area contributed by atoms with Gasteiger partial charge in [0.1, 0.15) is 5.82 Å². The van der Waals surface area contributed by atoms with E-state index in [0.29, 0.717) is 18.0 Å². The molecule has 4 rings (SSSR count). The number of amides is 1. The minimum atomic E-state index is -0.201. The summed E-state index contributed by atoms with van der Waals surface area (Å²) in [5.41, 5.74) is 7.91. The summed E-state index contributed by atoms with van der Waals surface area (Å²) >= 11 is 0. The fourth-order valence-electron chi connectivity index (χ4n) is 4.97. The number of benzene rings is 2. The van der Waals surface area contributed by atoms with E-state index >= 15 is 0 Å². The molecule has 1 N–H and O–H groups in total. The summed E-state index contributed by atoms with van der Waals surface area (Å²) in [5, 5.41) is 2.98. The molecule has 0 radical (unpaired) electrons. The molecule has 158 valence electrons. The predicted octanol–water partition coefficient (Wildman–Crippen LogP) is 5.51. The average molecular weight is 407 g/mol. The number of carbonyl (C=O) groups is 1. The maximum Gasteiger partial charge on any atom is 0.254 e. The number of carbonyl (C=O) groups excluding carboxylic acids is 1. The Morgan fingerprint density at radius 3 is 2.57 bits per heavy atom. The first-order valence-corrected chi connectivity index (χ1v) is 11.0. The Morgan fingerprint density at radius 2 is 1.90 bits per heavy atom. The van der Waals surface area contributed by atoms with E-state index in [9.17, 15) is 9.18 Å². The van der Waals surface area contributed by atoms with Crippen LogP contribution in [0.3, 0.4) is 0 Å². The molecule has 1 saturated carbocycles. The van der Waals surface area contributed by atoms with Gasteiger partial charge in [-0.2, -0.15) is 0 Å². The van der Waals surface area contributed by atoms with E-state index in [2.05, 4.69) is 24.1 Å². The van der Waals surface area contributed by atoms with Crippen molar-refractivity contribution in [2.24, 2.45) is 0 Å². The molecular weight excluding hydrogens is 375 g/mol. The lowest BCUT2D eigenvalue weighted by atomic mass is 9.90. The van der Waals surface area contributed by atoms with Crippen LogP contribution in [-0.2, 0) is 13.0 Å². The summed E-state index contributed by atoms with van der Waals surface area (Å²) in [6.07, 6.45) is 7.02. The van der Waals surface area contributed by atoms with Crippen molar-refractivity contribution in [3.05, 3.63) is 75.2 Å². The molecule has 0 atom stereocenters. The summed E-state index contributed by atoms with van der Waals surface area (Å²) in [6, 6.07) is 7.83. The molecule has 1 heterocycles. The molecule has 1 fully saturated rings. The van der Waals surface area contributed by atoms with Crippen molar-refractivity contribution in [2.75, 3.05) is 7.05 Å². The zero-order valence-electron chi connectivity index (χ0n) is 18.4. The van der Waals surface area contributed by atoms with Crippen molar-refractivity contribution in [3.63, 3.8) is 0 Å². The zero-order chi connectivity index (χ0) is 21.4. The van der Waals surface area contributed by atoms with E-state index in [1.165, 1.54) is 24.0 Å². The van der Waals surface area contributed by atoms with Crippen molar-refractivity contribution < 1.29 is 9.18 Å². The highest BCUT2D eigenvalue weighted by atomic mass is 19.1. The van der Waals surface area contributed by atoms with Gasteiger partial charge in [0.15, 0.2) is 0 Å². The van der Waals surface area contributed by atoms with E-state index in [1.807, 2.05) is 38.4 Å². The smallest absolute Gasteiger partial charge is 0.254 e. The van der Waals surface area contributed by atoms with Gasteiger partial charge in [0.2, 0.25) is 0 Å². The molecule has 1 amide bonds. The molecule has 0 spiro atoms. The van der Waals surface area contributed by atoms with Gasteiger partial charge in [-0.25, -0.2) is 4.39 Å². The highest BCUT2D eigenvalue weighted by molar-refractivity contribution is 5.99. The third-order valence-electron chi connectivity index (χ3n) is 6.98. The first-order chi connectivity index (χ1) is 14.4. The number of allylic oxidation sites excluding steroid dienone is 1. The number of nitrogens with one attached hydrogen (secondary N) is 1. The molecule has 2 aromatic rings. The Hall–Kier alpha value is -2.62. The quantitative estimate of drug-likeness (QED) is 0.710. The molecule has 0 unspecified atom stereocenters. The van der Waals surface area contributed by atoms with Crippen LogP contribution in [0.15, 0.2) is 30.5 Å². The molecule has 4 heteroatoms. The van der Waals surface area contributed by atoms with Crippen LogP contribution < -0.4 is 5.32 Å². The first-order valence-electron chi connectivity index (χ1n) is 11.0. The van der Waals surface area contributed by atoms with Crippen molar-refractivity contribution in [2.45, 2.75) is 65.5 Å². The molecular formula is C26H31FN2O. The van der Waals surface area contributed by atoms with Crippen LogP contribution in [0.25, 0.3) is 5.57 Å². The first kappa shape index (κ1) is 20.6. The molecule has 0 saturated heterocycles. The molecule has 1 aliphatic carbocycles. The molecule has 30 heavy (non-hydrogen) atoms. The number of nitrogens with zero attached hydrogens (tertiary/aromatic N) is 1. The summed E-state index contributed by atoms with van der Waals surface area (Å²) < 4.78 is 14.9. The van der Waals surface area contributed by atoms with Crippen LogP contribution in [0, 0.1) is 19.7 Å². The maximum atomic E-state index is 14.9. The van der Waals surface area contributed by atoms with Gasteiger partial charge in [-0.15, -0.1) is 0 Å². The molecule has 2 aromatic carbocycles. The molecule has 0 aromatic heterocycles. The average Bonchev–Trinajstić information content (AvgIpc) is 3.36. The fourth-order valence-corrected chi connectivity index (χ4v) is 4.97. The number of halogens is 1. The Morgan fingerprint density at radius 1 is 1.17 bits per heavy atom. The highest BCUT2D eigenvalue weighted by Gasteiger charge is 2.35. The highest BCUT2D eigenvalue weighted by Crippen LogP contribution is 2.36. The van der Waals surface area contributed by atoms with Crippen LogP contribution in [0.1, 0.15) is 76.3 Å². The van der Waals surface area contributed by atoms with E-state index < -0.39 is 0 Å². The van der Waals surface area contributed by atoms with Crippen molar-refractivity contribution >= 4 is 11.5 Å². The monoisotopic (exact) mass is 406 g/mol. The SMILES string of the molecule is CN/C=C(\C)c1ccc(Cc2cc3c(c(C)c2C)CN(C2CCCC2)C3=O)c(F)c1. The third-order valence-corrected chi connectivity index (χ3v) is 6.98. The van der Waals surface area contributed by atoms with Crippen LogP contribution in [0.4, 0.5) is 4.39 Å². The summed E-state index contributed by atoms with van der Waals surface area (Å²) in [6.45, 7) is 6.89. The topological polar surface area (TPSA) is 32.3 Å². The lowest BCUT2D eigenvalue weighted by Crippen LogP contribution is -2.33. The summed E-state index contributed by atoms with van der Waals surface area (Å²) in [4.78, 5) is 15.2. The Kier molecular flexibility index (Phi) is 5.68. The van der Waals surface area contributed by atoms with E-state index in [1.54, 1.807) is 6.07 Å². The second-order valence-electron chi connectivity index (χ2n) is 8.78. The normalized spacial score (nSPS) is 17.0. The minimum absolute atomic E-state index is 0.157. The van der Waals surface area contributed by atoms with Crippen molar-refractivity contribution in [3.8, 4) is 0 Å². The number of rotatable bonds is 5. The van der Waals surface area contributed by atoms with Crippen molar-refractivity contribution in [1.82, 2.24) is 10.2 Å². The van der Waals surface area contributed by atoms with Gasteiger partial charge in [0.05, 0.1) is 0 Å². The molecule has 3 nitrogen and oxygen atoms in total. The summed E-state index contributed by atoms with van der Waals surface area (Å²) in [7, 11) is 1.84. The molecule has 2 aliphatic rings. The lowest BCUT2D eigenvalue weighted by Gasteiger charge is -2.23. The Bertz CT molecular complexity index is 1020. The van der Waals surface area contributed by atoms with E-state index in [-0.39, 0.29) is 11.7 Å². The number of hydrogen-bond donors (Lipinski definition) is 1. The van der Waals surface area contributed by atoms with Gasteiger partial charge in [-0.05, 0) is 90.9 Å². The van der Waals surface area contributed by atoms with Crippen LogP contribution in [0.2, 0.25) is 0 Å². The maximum absolute atomic E-state index is 14.9. The third kappa shape index (κ3) is 3.64. The van der Waals surface area contributed by atoms with Gasteiger partial charge in [-0.3, -0.25) is 4.79 Å². The lowest BCUT2D eigenvalue weighted by molar-refractivity contribution is 0.0707. The van der Waals surface area contributed by atoms with Crippen LogP contribution in [-0.4, -0.2) is 23.9 Å². The van der Waals surface area contributed by atoms with E-state index in [4.69, 9.17) is 0 Å². The van der Waals surface area contributed by atoms with Gasteiger partial charge >= 0.3 is 0 Å². The van der Waals surface area contributed by atoms with Crippen molar-refractivity contribution in [1.29, 1.82) is 0 Å². The van der Waals surface area contributed by atoms with Crippen LogP contribution in [0.5, 0.6) is 0 Å². The van der Waals surface area contributed by atoms with Gasteiger partial charge in [0.25, 0.3) is 5.91 Å². The zero-order valence-corrected chi connectivity index (χ0v) is 18.4. The summed E-state index contributed by atoms with van der Waals surface area (Å²) in [5.74, 6) is -0.0438. The molecule has 0 bridgehead atoms.